The van der Waals surface area contributed by atoms with Gasteiger partial charge in [-0.25, -0.2) is 13.8 Å². The Bertz CT molecular complexity index is 828. The van der Waals surface area contributed by atoms with Crippen molar-refractivity contribution in [3.8, 4) is 5.69 Å². The van der Waals surface area contributed by atoms with Gasteiger partial charge in [-0.05, 0) is 31.2 Å². The van der Waals surface area contributed by atoms with Gasteiger partial charge in [0.1, 0.15) is 5.82 Å². The average Bonchev–Trinajstić information content (AvgIpc) is 2.83. The van der Waals surface area contributed by atoms with Crippen LogP contribution in [0.2, 0.25) is 5.02 Å². The van der Waals surface area contributed by atoms with Gasteiger partial charge >= 0.3 is 0 Å². The minimum absolute atomic E-state index is 0.415. The van der Waals surface area contributed by atoms with Gasteiger partial charge in [0.25, 0.3) is 0 Å². The molecule has 0 saturated carbocycles. The zero-order valence-electron chi connectivity index (χ0n) is 10.9. The molecular formula is C15H10Cl2F2N2. The van der Waals surface area contributed by atoms with Crippen molar-refractivity contribution in [1.29, 1.82) is 0 Å². The summed E-state index contributed by atoms with van der Waals surface area (Å²) < 4.78 is 28.3. The topological polar surface area (TPSA) is 17.8 Å². The third-order valence-electron chi connectivity index (χ3n) is 3.17. The highest BCUT2D eigenvalue weighted by atomic mass is 35.5. The van der Waals surface area contributed by atoms with Crippen LogP contribution in [-0.2, 0) is 0 Å². The first-order chi connectivity index (χ1) is 9.99. The summed E-state index contributed by atoms with van der Waals surface area (Å²) in [5, 5.41) is 0.0508. The van der Waals surface area contributed by atoms with E-state index >= 15 is 0 Å². The van der Waals surface area contributed by atoms with Gasteiger partial charge in [0.05, 0.1) is 27.1 Å². The van der Waals surface area contributed by atoms with Crippen LogP contribution in [0.4, 0.5) is 8.78 Å². The van der Waals surface area contributed by atoms with Gasteiger partial charge in [0.2, 0.25) is 0 Å². The van der Waals surface area contributed by atoms with E-state index in [1.54, 1.807) is 29.7 Å². The summed E-state index contributed by atoms with van der Waals surface area (Å²) in [6, 6.07) is 8.91. The van der Waals surface area contributed by atoms with Gasteiger partial charge in [-0.2, -0.15) is 0 Å². The lowest BCUT2D eigenvalue weighted by molar-refractivity contribution is 0.508. The molecule has 21 heavy (non-hydrogen) atoms. The molecule has 2 nitrogen and oxygen atoms in total. The summed E-state index contributed by atoms with van der Waals surface area (Å²) in [6.07, 6.45) is 0. The lowest BCUT2D eigenvalue weighted by Crippen LogP contribution is -2.03. The van der Waals surface area contributed by atoms with E-state index in [4.69, 9.17) is 23.2 Å². The van der Waals surface area contributed by atoms with Crippen LogP contribution >= 0.6 is 23.2 Å². The predicted octanol–water partition coefficient (Wildman–Crippen LogP) is 5.26. The molecule has 0 saturated heterocycles. The van der Waals surface area contributed by atoms with Crippen molar-refractivity contribution in [2.75, 3.05) is 0 Å². The summed E-state index contributed by atoms with van der Waals surface area (Å²) in [6.45, 7) is 1.76. The number of nitrogens with zero attached hydrogens (tertiary/aromatic N) is 2. The molecule has 1 atom stereocenters. The van der Waals surface area contributed by atoms with E-state index in [-0.39, 0.29) is 0 Å². The van der Waals surface area contributed by atoms with Crippen molar-refractivity contribution < 1.29 is 8.78 Å². The lowest BCUT2D eigenvalue weighted by atomic mass is 10.2. The molecule has 2 aromatic carbocycles. The highest BCUT2D eigenvalue weighted by molar-refractivity contribution is 6.35. The Kier molecular flexibility index (Phi) is 3.59. The molecule has 0 bridgehead atoms. The molecule has 3 aromatic rings. The van der Waals surface area contributed by atoms with Crippen molar-refractivity contribution in [3.05, 3.63) is 58.9 Å². The standard InChI is InChI=1S/C15H10Cl2F2N2/c1-8(16)15-20-13-4-2-3-10(17)14(13)21(15)9-5-6-11(18)12(19)7-9/h2-8H,1H3. The maximum atomic E-state index is 13.5. The second-order valence-electron chi connectivity index (χ2n) is 4.63. The first-order valence-electron chi connectivity index (χ1n) is 6.25. The van der Waals surface area contributed by atoms with E-state index in [0.717, 1.165) is 12.1 Å². The first-order valence-corrected chi connectivity index (χ1v) is 7.07. The fourth-order valence-electron chi connectivity index (χ4n) is 2.26. The zero-order valence-corrected chi connectivity index (χ0v) is 12.5. The number of hydrogen-bond acceptors (Lipinski definition) is 1. The number of aromatic nitrogens is 2. The van der Waals surface area contributed by atoms with Crippen molar-refractivity contribution in [1.82, 2.24) is 9.55 Å². The number of hydrogen-bond donors (Lipinski definition) is 0. The van der Waals surface area contributed by atoms with Crippen LogP contribution < -0.4 is 0 Å². The van der Waals surface area contributed by atoms with Crippen molar-refractivity contribution in [2.45, 2.75) is 12.3 Å². The van der Waals surface area contributed by atoms with Crippen molar-refractivity contribution >= 4 is 34.2 Å². The molecule has 108 valence electrons. The van der Waals surface area contributed by atoms with E-state index in [9.17, 15) is 8.78 Å². The summed E-state index contributed by atoms with van der Waals surface area (Å²) in [5.41, 5.74) is 1.69. The molecule has 0 radical (unpaired) electrons. The molecule has 0 amide bonds. The minimum Gasteiger partial charge on any atom is -0.293 e. The second-order valence-corrected chi connectivity index (χ2v) is 5.69. The number of fused-ring (bicyclic) bond motifs is 1. The maximum Gasteiger partial charge on any atom is 0.160 e. The maximum absolute atomic E-state index is 13.5. The quantitative estimate of drug-likeness (QED) is 0.587. The minimum atomic E-state index is -0.936. The summed E-state index contributed by atoms with van der Waals surface area (Å²) >= 11 is 12.4. The molecule has 1 heterocycles. The molecule has 0 aliphatic carbocycles. The van der Waals surface area contributed by atoms with E-state index in [1.165, 1.54) is 6.07 Å². The van der Waals surface area contributed by atoms with E-state index < -0.39 is 17.0 Å². The number of imidazole rings is 1. The SMILES string of the molecule is CC(Cl)c1nc2cccc(Cl)c2n1-c1ccc(F)c(F)c1. The molecule has 0 aliphatic rings. The van der Waals surface area contributed by atoms with Gasteiger partial charge in [0, 0.05) is 6.07 Å². The monoisotopic (exact) mass is 326 g/mol. The highest BCUT2D eigenvalue weighted by Gasteiger charge is 2.19. The lowest BCUT2D eigenvalue weighted by Gasteiger charge is -2.11. The normalized spacial score (nSPS) is 12.8. The van der Waals surface area contributed by atoms with Gasteiger partial charge < -0.3 is 0 Å². The van der Waals surface area contributed by atoms with Crippen LogP contribution in [0.15, 0.2) is 36.4 Å². The number of alkyl halides is 1. The summed E-state index contributed by atoms with van der Waals surface area (Å²) in [5.74, 6) is -1.32. The zero-order chi connectivity index (χ0) is 15.1. The first kappa shape index (κ1) is 14.3. The van der Waals surface area contributed by atoms with Crippen LogP contribution in [-0.4, -0.2) is 9.55 Å². The van der Waals surface area contributed by atoms with Crippen LogP contribution in [0.3, 0.4) is 0 Å². The molecule has 0 N–H and O–H groups in total. The fraction of sp³-hybridized carbons (Fsp3) is 0.133. The van der Waals surface area contributed by atoms with Crippen LogP contribution in [0, 0.1) is 11.6 Å². The largest absolute Gasteiger partial charge is 0.293 e. The Hall–Kier alpha value is -1.65. The molecule has 6 heteroatoms. The van der Waals surface area contributed by atoms with E-state index in [2.05, 4.69) is 4.98 Å². The highest BCUT2D eigenvalue weighted by Crippen LogP contribution is 2.32. The Morgan fingerprint density at radius 1 is 1.14 bits per heavy atom. The third kappa shape index (κ3) is 2.39. The fourth-order valence-corrected chi connectivity index (χ4v) is 2.66. The van der Waals surface area contributed by atoms with E-state index in [0.29, 0.717) is 27.6 Å². The van der Waals surface area contributed by atoms with Gasteiger partial charge in [-0.1, -0.05) is 17.7 Å². The van der Waals surface area contributed by atoms with E-state index in [1.807, 2.05) is 0 Å². The Morgan fingerprint density at radius 3 is 2.57 bits per heavy atom. The molecular weight excluding hydrogens is 317 g/mol. The molecule has 1 aromatic heterocycles. The van der Waals surface area contributed by atoms with Gasteiger partial charge in [0.15, 0.2) is 11.6 Å². The summed E-state index contributed by atoms with van der Waals surface area (Å²) in [4.78, 5) is 4.43. The third-order valence-corrected chi connectivity index (χ3v) is 3.67. The van der Waals surface area contributed by atoms with Crippen molar-refractivity contribution in [2.24, 2.45) is 0 Å². The number of benzene rings is 2. The average molecular weight is 327 g/mol. The summed E-state index contributed by atoms with van der Waals surface area (Å²) in [7, 11) is 0. The predicted molar refractivity (Wildman–Crippen MR) is 80.3 cm³/mol. The molecule has 0 spiro atoms. The Labute approximate surface area is 129 Å². The Balaban J connectivity index is 2.38. The van der Waals surface area contributed by atoms with Crippen molar-refractivity contribution in [3.63, 3.8) is 0 Å². The number of para-hydroxylation sites is 1. The number of rotatable bonds is 2. The smallest absolute Gasteiger partial charge is 0.160 e. The second kappa shape index (κ2) is 5.28. The molecule has 0 aliphatic heterocycles. The van der Waals surface area contributed by atoms with Crippen LogP contribution in [0.1, 0.15) is 18.1 Å². The molecule has 1 unspecified atom stereocenters. The molecule has 3 rings (SSSR count). The molecule has 0 fully saturated rings. The van der Waals surface area contributed by atoms with Gasteiger partial charge in [-0.15, -0.1) is 11.6 Å². The van der Waals surface area contributed by atoms with Crippen LogP contribution in [0.25, 0.3) is 16.7 Å². The van der Waals surface area contributed by atoms with Gasteiger partial charge in [-0.3, -0.25) is 4.57 Å². The van der Waals surface area contributed by atoms with Crippen LogP contribution in [0.5, 0.6) is 0 Å². The number of halogens is 4. The Morgan fingerprint density at radius 2 is 1.90 bits per heavy atom.